The summed E-state index contributed by atoms with van der Waals surface area (Å²) in [5.74, 6) is 0. The van der Waals surface area contributed by atoms with Crippen LogP contribution in [0.3, 0.4) is 0 Å². The lowest BCUT2D eigenvalue weighted by molar-refractivity contribution is -0.779. The van der Waals surface area contributed by atoms with Crippen molar-refractivity contribution in [3.8, 4) is 0 Å². The second kappa shape index (κ2) is 3.49. The molecule has 0 atom stereocenters. The van der Waals surface area contributed by atoms with E-state index in [9.17, 15) is 0 Å². The minimum Gasteiger partial charge on any atom is -0.261 e. The predicted molar refractivity (Wildman–Crippen MR) is 72.8 cm³/mol. The molecule has 8 heteroatoms. The Morgan fingerprint density at radius 3 is 1.71 bits per heavy atom. The number of rotatable bonds is 0. The van der Waals surface area contributed by atoms with Gasteiger partial charge >= 0.3 is 4.33 Å². The first-order chi connectivity index (χ1) is 8.12. The van der Waals surface area contributed by atoms with Crippen molar-refractivity contribution < 1.29 is 9.37 Å². The van der Waals surface area contributed by atoms with E-state index in [0.29, 0.717) is 0 Å². The van der Waals surface area contributed by atoms with Gasteiger partial charge in [-0.3, -0.25) is 9.98 Å². The third-order valence-electron chi connectivity index (χ3n) is 3.04. The highest BCUT2D eigenvalue weighted by molar-refractivity contribution is 8.30. The summed E-state index contributed by atoms with van der Waals surface area (Å²) in [4.78, 5) is 8.46. The van der Waals surface area contributed by atoms with Crippen LogP contribution in [0, 0.1) is 0 Å². The summed E-state index contributed by atoms with van der Waals surface area (Å²) in [7, 11) is 3.60. The van der Waals surface area contributed by atoms with Gasteiger partial charge < -0.3 is 0 Å². The Hall–Kier alpha value is -1.02. The Labute approximate surface area is 108 Å². The van der Waals surface area contributed by atoms with Crippen LogP contribution in [0.25, 0.3) is 0 Å². The minimum atomic E-state index is -0.252. The lowest BCUT2D eigenvalue weighted by Gasteiger charge is -2.01. The van der Waals surface area contributed by atoms with Gasteiger partial charge in [0, 0.05) is 27.9 Å². The smallest absolute Gasteiger partial charge is 0.261 e. The molecule has 90 valence electrons. The number of nitrogens with zero attached hydrogens (tertiary/aromatic N) is 4. The van der Waals surface area contributed by atoms with Gasteiger partial charge in [-0.2, -0.15) is 0 Å². The largest absolute Gasteiger partial charge is 0.518 e. The fourth-order valence-electron chi connectivity index (χ4n) is 2.04. The van der Waals surface area contributed by atoms with E-state index in [-0.39, 0.29) is 4.33 Å². The second-order valence-corrected chi connectivity index (χ2v) is 6.45. The van der Waals surface area contributed by atoms with Crippen molar-refractivity contribution >= 4 is 45.3 Å². The topological polar surface area (TPSA) is 54.8 Å². The molecule has 0 aromatic carbocycles. The Bertz CT molecular complexity index is 482. The van der Waals surface area contributed by atoms with Gasteiger partial charge in [0.25, 0.3) is 11.4 Å². The molecule has 0 aromatic rings. The lowest BCUT2D eigenvalue weighted by Crippen LogP contribution is -2.42. The molecule has 1 spiro atoms. The van der Waals surface area contributed by atoms with E-state index in [4.69, 9.17) is 0 Å². The molecule has 0 bridgehead atoms. The van der Waals surface area contributed by atoms with E-state index in [1.807, 2.05) is 0 Å². The zero-order chi connectivity index (χ0) is 12.2. The minimum absolute atomic E-state index is 0.252. The highest BCUT2D eigenvalue weighted by atomic mass is 32.2. The molecular weight excluding hydrogens is 256 g/mol. The predicted octanol–water partition coefficient (Wildman–Crippen LogP) is 0.0325. The van der Waals surface area contributed by atoms with E-state index in [0.717, 1.165) is 10.3 Å². The molecule has 3 heterocycles. The third kappa shape index (κ3) is 1.25. The fraction of sp³-hybridized carbons (Fsp3) is 0.556. The molecule has 0 amide bonds. The molecule has 2 saturated heterocycles. The van der Waals surface area contributed by atoms with Crippen LogP contribution in [-0.2, 0) is 0 Å². The number of aliphatic imine (C=N–C) groups is 2. The average molecular weight is 270 g/mol. The summed E-state index contributed by atoms with van der Waals surface area (Å²) in [5.41, 5.74) is 9.04. The summed E-state index contributed by atoms with van der Waals surface area (Å²) in [6, 6.07) is 0. The molecule has 0 unspecified atom stereocenters. The zero-order valence-corrected chi connectivity index (χ0v) is 11.7. The maximum absolute atomic E-state index is 4.23. The van der Waals surface area contributed by atoms with Gasteiger partial charge in [-0.05, 0) is 9.37 Å². The van der Waals surface area contributed by atoms with Crippen LogP contribution in [0.2, 0.25) is 0 Å². The van der Waals surface area contributed by atoms with Gasteiger partial charge in [0.2, 0.25) is 10.3 Å². The highest BCUT2D eigenvalue weighted by Crippen LogP contribution is 2.47. The molecule has 3 rings (SSSR count). The van der Waals surface area contributed by atoms with E-state index >= 15 is 0 Å². The standard InChI is InChI=1S/C9H13N6S2/c1-5-6(2)15-9(17-8(11-4)13-15)14(5)12-7(10-3)16-9/h1-4H3,(H,10,12)/q+1/p+1. The summed E-state index contributed by atoms with van der Waals surface area (Å²) in [6.07, 6.45) is 0. The number of hydrogen-bond donors (Lipinski definition) is 2. The number of amidine groups is 2. The van der Waals surface area contributed by atoms with Gasteiger partial charge in [-0.1, -0.05) is 0 Å². The molecule has 6 nitrogen and oxygen atoms in total. The van der Waals surface area contributed by atoms with Crippen LogP contribution in [-0.4, -0.2) is 49.5 Å². The van der Waals surface area contributed by atoms with E-state index < -0.39 is 0 Å². The molecule has 3 aliphatic rings. The van der Waals surface area contributed by atoms with Crippen molar-refractivity contribution in [2.75, 3.05) is 14.1 Å². The van der Waals surface area contributed by atoms with Crippen molar-refractivity contribution in [3.05, 3.63) is 0 Å². The molecule has 0 aromatic heterocycles. The van der Waals surface area contributed by atoms with Crippen molar-refractivity contribution in [1.29, 1.82) is 0 Å². The molecule has 2 N–H and O–H groups in total. The highest BCUT2D eigenvalue weighted by Gasteiger charge is 2.74. The lowest BCUT2D eigenvalue weighted by atomic mass is 10.3. The van der Waals surface area contributed by atoms with Gasteiger partial charge in [-0.25, -0.2) is 0 Å². The SMILES string of the molecule is CN=C1N[N+]2=C(C)C(C)=[N+]3NC(=NC)SC23S1. The number of hydrazine groups is 2. The monoisotopic (exact) mass is 270 g/mol. The van der Waals surface area contributed by atoms with Gasteiger partial charge in [0.1, 0.15) is 0 Å². The normalized spacial score (nSPS) is 35.5. The van der Waals surface area contributed by atoms with Crippen molar-refractivity contribution in [3.63, 3.8) is 0 Å². The van der Waals surface area contributed by atoms with Crippen LogP contribution in [0.4, 0.5) is 0 Å². The summed E-state index contributed by atoms with van der Waals surface area (Å²) >= 11 is 3.39. The molecule has 2 fully saturated rings. The first-order valence-electron chi connectivity index (χ1n) is 5.25. The Kier molecular flexibility index (Phi) is 2.27. The first kappa shape index (κ1) is 11.1. The van der Waals surface area contributed by atoms with Crippen LogP contribution >= 0.6 is 23.5 Å². The summed E-state index contributed by atoms with van der Waals surface area (Å²) in [5, 5.41) is 1.85. The van der Waals surface area contributed by atoms with Gasteiger partial charge in [-0.15, -0.1) is 10.9 Å². The van der Waals surface area contributed by atoms with Crippen molar-refractivity contribution in [2.24, 2.45) is 9.98 Å². The molecule has 17 heavy (non-hydrogen) atoms. The quantitative estimate of drug-likeness (QED) is 0.610. The molecule has 3 aliphatic heterocycles. The zero-order valence-electron chi connectivity index (χ0n) is 10.1. The number of nitrogens with one attached hydrogen (secondary N) is 2. The van der Waals surface area contributed by atoms with Crippen molar-refractivity contribution in [1.82, 2.24) is 10.9 Å². The molecule has 0 aliphatic carbocycles. The summed E-state index contributed by atoms with van der Waals surface area (Å²) < 4.78 is 4.04. The van der Waals surface area contributed by atoms with E-state index in [1.165, 1.54) is 11.4 Å². The van der Waals surface area contributed by atoms with Crippen LogP contribution in [0.1, 0.15) is 13.8 Å². The Morgan fingerprint density at radius 1 is 0.941 bits per heavy atom. The fourth-order valence-corrected chi connectivity index (χ4v) is 4.74. The Balaban J connectivity index is 2.16. The molecule has 0 radical (unpaired) electrons. The molecular formula is C9H14N6S2+2. The van der Waals surface area contributed by atoms with E-state index in [2.05, 4.69) is 44.1 Å². The maximum Gasteiger partial charge on any atom is 0.518 e. The maximum atomic E-state index is 4.23. The van der Waals surface area contributed by atoms with Gasteiger partial charge in [0.15, 0.2) is 0 Å². The average Bonchev–Trinajstić information content (AvgIpc) is 2.93. The van der Waals surface area contributed by atoms with Gasteiger partial charge in [0.05, 0.1) is 23.5 Å². The van der Waals surface area contributed by atoms with Crippen LogP contribution in [0.15, 0.2) is 9.98 Å². The van der Waals surface area contributed by atoms with E-state index in [1.54, 1.807) is 37.6 Å². The molecule has 0 saturated carbocycles. The van der Waals surface area contributed by atoms with Crippen LogP contribution in [0.5, 0.6) is 0 Å². The summed E-state index contributed by atoms with van der Waals surface area (Å²) in [6.45, 7) is 4.21. The number of hydrazone groups is 2. The third-order valence-corrected chi connectivity index (χ3v) is 5.74. The number of thioether (sulfide) groups is 2. The van der Waals surface area contributed by atoms with Crippen molar-refractivity contribution in [2.45, 2.75) is 18.2 Å². The first-order valence-corrected chi connectivity index (χ1v) is 6.88. The van der Waals surface area contributed by atoms with Crippen LogP contribution < -0.4 is 10.9 Å². The Morgan fingerprint density at radius 2 is 1.35 bits per heavy atom. The number of hydrogen-bond acceptors (Lipinski definition) is 4. The second-order valence-electron chi connectivity index (χ2n) is 3.88.